The number of ether oxygens (including phenoxy) is 1. The fourth-order valence-corrected chi connectivity index (χ4v) is 4.06. The molecule has 0 aromatic carbocycles. The molecule has 1 amide bonds. The molecular formula is C9H14N2O5S2. The molecule has 0 aliphatic carbocycles. The lowest BCUT2D eigenvalue weighted by Gasteiger charge is -2.27. The lowest BCUT2D eigenvalue weighted by molar-refractivity contribution is -0.130. The maximum absolute atomic E-state index is 12.1. The molecule has 102 valence electrons. The summed E-state index contributed by atoms with van der Waals surface area (Å²) in [5.41, 5.74) is 0. The van der Waals surface area contributed by atoms with Crippen molar-refractivity contribution in [2.75, 3.05) is 26.3 Å². The Kier molecular flexibility index (Phi) is 4.28. The number of sulfonamides is 1. The van der Waals surface area contributed by atoms with E-state index in [0.29, 0.717) is 31.2 Å². The zero-order valence-electron chi connectivity index (χ0n) is 9.53. The Morgan fingerprint density at radius 2 is 2.17 bits per heavy atom. The van der Waals surface area contributed by atoms with Crippen LogP contribution in [0.3, 0.4) is 0 Å². The summed E-state index contributed by atoms with van der Waals surface area (Å²) in [6.45, 7) is 2.05. The van der Waals surface area contributed by atoms with Crippen LogP contribution >= 0.6 is 11.8 Å². The summed E-state index contributed by atoms with van der Waals surface area (Å²) in [6.07, 6.45) is 1.81. The number of hydrogen-bond donors (Lipinski definition) is 2. The summed E-state index contributed by atoms with van der Waals surface area (Å²) in [7, 11) is -3.77. The van der Waals surface area contributed by atoms with Crippen LogP contribution in [0, 0.1) is 0 Å². The minimum absolute atomic E-state index is 0.168. The summed E-state index contributed by atoms with van der Waals surface area (Å²) in [5, 5.41) is 8.54. The third-order valence-electron chi connectivity index (χ3n) is 2.74. The first-order chi connectivity index (χ1) is 8.54. The van der Waals surface area contributed by atoms with E-state index >= 15 is 0 Å². The molecular weight excluding hydrogens is 280 g/mol. The third kappa shape index (κ3) is 2.86. The normalized spacial score (nSPS) is 25.1. The van der Waals surface area contributed by atoms with Gasteiger partial charge in [0.05, 0.1) is 18.1 Å². The molecule has 2 aliphatic rings. The van der Waals surface area contributed by atoms with Gasteiger partial charge in [-0.3, -0.25) is 4.79 Å². The smallest absolute Gasteiger partial charge is 0.260 e. The highest BCUT2D eigenvalue weighted by atomic mass is 32.3. The van der Waals surface area contributed by atoms with Gasteiger partial charge in [-0.2, -0.15) is 0 Å². The van der Waals surface area contributed by atoms with Crippen LogP contribution in [-0.4, -0.2) is 55.3 Å². The van der Waals surface area contributed by atoms with Crippen molar-refractivity contribution in [2.45, 2.75) is 11.0 Å². The molecule has 2 heterocycles. The summed E-state index contributed by atoms with van der Waals surface area (Å²) in [6, 6.07) is 0. The fourth-order valence-electron chi connectivity index (χ4n) is 1.75. The van der Waals surface area contributed by atoms with Crippen molar-refractivity contribution in [1.29, 1.82) is 0 Å². The van der Waals surface area contributed by atoms with E-state index in [0.717, 1.165) is 11.8 Å². The van der Waals surface area contributed by atoms with E-state index in [4.69, 9.17) is 9.94 Å². The average molecular weight is 294 g/mol. The summed E-state index contributed by atoms with van der Waals surface area (Å²) in [4.78, 5) is 15.4. The number of amides is 1. The van der Waals surface area contributed by atoms with Gasteiger partial charge >= 0.3 is 0 Å². The van der Waals surface area contributed by atoms with Crippen molar-refractivity contribution in [1.82, 2.24) is 9.79 Å². The number of carbonyl (C=O) groups excluding carboxylic acids is 1. The predicted molar refractivity (Wildman–Crippen MR) is 65.3 cm³/mol. The lowest BCUT2D eigenvalue weighted by atomic mass is 10.3. The highest BCUT2D eigenvalue weighted by Gasteiger charge is 2.34. The molecule has 2 aliphatic heterocycles. The van der Waals surface area contributed by atoms with Gasteiger partial charge in [-0.25, -0.2) is 8.42 Å². The standard InChI is InChI=1S/C9H14N2O5S2/c12-9(11-3-5-16-6-4-11)7-1-2-8(17-7)18(14,15)10-13/h1,8,10,13H,2-6H2. The SMILES string of the molecule is O=C(C1=CCC(S(=O)(=O)NO)S1)N1CCOCC1. The largest absolute Gasteiger partial charge is 0.378 e. The highest BCUT2D eigenvalue weighted by molar-refractivity contribution is 8.15. The van der Waals surface area contributed by atoms with Crippen LogP contribution in [0.25, 0.3) is 0 Å². The van der Waals surface area contributed by atoms with Crippen LogP contribution in [0.4, 0.5) is 0 Å². The number of carbonyl (C=O) groups is 1. The second-order valence-corrected chi connectivity index (χ2v) is 7.28. The van der Waals surface area contributed by atoms with Crippen molar-refractivity contribution >= 4 is 27.7 Å². The van der Waals surface area contributed by atoms with Crippen LogP contribution in [0.5, 0.6) is 0 Å². The van der Waals surface area contributed by atoms with E-state index in [1.54, 1.807) is 11.0 Å². The van der Waals surface area contributed by atoms with Gasteiger partial charge in [-0.1, -0.05) is 22.7 Å². The molecule has 18 heavy (non-hydrogen) atoms. The van der Waals surface area contributed by atoms with Crippen LogP contribution in [-0.2, 0) is 19.6 Å². The number of allylic oxidation sites excluding steroid dienone is 1. The fraction of sp³-hybridized carbons (Fsp3) is 0.667. The Labute approximate surface area is 109 Å². The van der Waals surface area contributed by atoms with E-state index in [2.05, 4.69) is 0 Å². The maximum Gasteiger partial charge on any atom is 0.260 e. The van der Waals surface area contributed by atoms with Gasteiger partial charge in [0.15, 0.2) is 0 Å². The first kappa shape index (κ1) is 13.8. The maximum atomic E-state index is 12.1. The second kappa shape index (κ2) is 5.57. The second-order valence-electron chi connectivity index (χ2n) is 3.89. The van der Waals surface area contributed by atoms with Crippen molar-refractivity contribution in [2.24, 2.45) is 0 Å². The van der Waals surface area contributed by atoms with Gasteiger partial charge in [-0.15, -0.1) is 0 Å². The van der Waals surface area contributed by atoms with E-state index < -0.39 is 14.6 Å². The van der Waals surface area contributed by atoms with Crippen LogP contribution in [0.15, 0.2) is 11.0 Å². The quantitative estimate of drug-likeness (QED) is 0.681. The molecule has 1 atom stereocenters. The number of nitrogens with zero attached hydrogens (tertiary/aromatic N) is 1. The Morgan fingerprint density at radius 1 is 1.50 bits per heavy atom. The summed E-state index contributed by atoms with van der Waals surface area (Å²) < 4.78 is 27.1. The average Bonchev–Trinajstić information content (AvgIpc) is 2.89. The number of thioether (sulfide) groups is 1. The molecule has 1 fully saturated rings. The van der Waals surface area contributed by atoms with E-state index in [1.807, 2.05) is 0 Å². The van der Waals surface area contributed by atoms with Crippen LogP contribution in [0.2, 0.25) is 0 Å². The number of nitrogens with one attached hydrogen (secondary N) is 1. The van der Waals surface area contributed by atoms with Crippen LogP contribution < -0.4 is 4.89 Å². The number of rotatable bonds is 3. The van der Waals surface area contributed by atoms with Gasteiger partial charge in [0, 0.05) is 13.1 Å². The Hall–Kier alpha value is -0.610. The first-order valence-electron chi connectivity index (χ1n) is 5.43. The van der Waals surface area contributed by atoms with E-state index in [1.165, 1.54) is 4.89 Å². The highest BCUT2D eigenvalue weighted by Crippen LogP contribution is 2.36. The Bertz CT molecular complexity index is 456. The van der Waals surface area contributed by atoms with Crippen molar-refractivity contribution < 1.29 is 23.2 Å². The van der Waals surface area contributed by atoms with Gasteiger partial charge in [0.2, 0.25) is 10.0 Å². The molecule has 0 radical (unpaired) electrons. The van der Waals surface area contributed by atoms with Gasteiger partial charge < -0.3 is 14.8 Å². The molecule has 2 rings (SSSR count). The topological polar surface area (TPSA) is 95.9 Å². The van der Waals surface area contributed by atoms with Crippen molar-refractivity contribution in [3.05, 3.63) is 11.0 Å². The third-order valence-corrected chi connectivity index (χ3v) is 5.97. The zero-order chi connectivity index (χ0) is 13.2. The van der Waals surface area contributed by atoms with Gasteiger partial charge in [0.25, 0.3) is 5.91 Å². The minimum atomic E-state index is -3.77. The Morgan fingerprint density at radius 3 is 2.78 bits per heavy atom. The number of hydrogen-bond acceptors (Lipinski definition) is 6. The predicted octanol–water partition coefficient (Wildman–Crippen LogP) is -0.499. The molecule has 0 spiro atoms. The van der Waals surface area contributed by atoms with Gasteiger partial charge in [-0.05, 0) is 6.42 Å². The molecule has 1 saturated heterocycles. The lowest BCUT2D eigenvalue weighted by Crippen LogP contribution is -2.41. The van der Waals surface area contributed by atoms with E-state index in [-0.39, 0.29) is 12.3 Å². The summed E-state index contributed by atoms with van der Waals surface area (Å²) >= 11 is 0.963. The minimum Gasteiger partial charge on any atom is -0.378 e. The van der Waals surface area contributed by atoms with Gasteiger partial charge in [0.1, 0.15) is 4.58 Å². The molecule has 0 bridgehead atoms. The summed E-state index contributed by atoms with van der Waals surface area (Å²) in [5.74, 6) is -0.168. The molecule has 7 nitrogen and oxygen atoms in total. The number of morpholine rings is 1. The molecule has 1 unspecified atom stereocenters. The van der Waals surface area contributed by atoms with Crippen molar-refractivity contribution in [3.8, 4) is 0 Å². The first-order valence-corrected chi connectivity index (χ1v) is 7.86. The van der Waals surface area contributed by atoms with E-state index in [9.17, 15) is 13.2 Å². The molecule has 0 saturated carbocycles. The molecule has 2 N–H and O–H groups in total. The molecule has 0 aromatic rings. The monoisotopic (exact) mass is 294 g/mol. The van der Waals surface area contributed by atoms with Crippen LogP contribution in [0.1, 0.15) is 6.42 Å². The Balaban J connectivity index is 1.98. The molecule has 0 aromatic heterocycles. The van der Waals surface area contributed by atoms with Crippen molar-refractivity contribution in [3.63, 3.8) is 0 Å². The zero-order valence-corrected chi connectivity index (χ0v) is 11.2. The molecule has 9 heteroatoms.